The van der Waals surface area contributed by atoms with E-state index in [9.17, 15) is 0 Å². The van der Waals surface area contributed by atoms with Crippen LogP contribution in [0.15, 0.2) is 54.9 Å². The predicted octanol–water partition coefficient (Wildman–Crippen LogP) is 4.31. The number of nitrogens with one attached hydrogen (secondary N) is 1. The number of nitrogens with zero attached hydrogens (tertiary/aromatic N) is 4. The van der Waals surface area contributed by atoms with Gasteiger partial charge in [0.15, 0.2) is 0 Å². The number of hydrogen-bond donors (Lipinski definition) is 1. The third kappa shape index (κ3) is 4.34. The predicted molar refractivity (Wildman–Crippen MR) is 111 cm³/mol. The minimum Gasteiger partial charge on any atom is -0.347 e. The number of hydrogen-bond acceptors (Lipinski definition) is 6. The van der Waals surface area contributed by atoms with E-state index in [1.54, 1.807) is 11.3 Å². The van der Waals surface area contributed by atoms with E-state index in [-0.39, 0.29) is 0 Å². The van der Waals surface area contributed by atoms with Crippen molar-refractivity contribution < 1.29 is 0 Å². The molecule has 0 spiro atoms. The average molecular weight is 380 g/mol. The summed E-state index contributed by atoms with van der Waals surface area (Å²) in [4.78, 5) is 6.63. The van der Waals surface area contributed by atoms with E-state index in [2.05, 4.69) is 50.5 Å². The lowest BCUT2D eigenvalue weighted by Gasteiger charge is -2.34. The first kappa shape index (κ1) is 18.1. The van der Waals surface area contributed by atoms with Gasteiger partial charge in [-0.2, -0.15) is 0 Å². The van der Waals surface area contributed by atoms with E-state index in [1.807, 2.05) is 36.7 Å². The highest BCUT2D eigenvalue weighted by molar-refractivity contribution is 7.18. The van der Waals surface area contributed by atoms with Crippen LogP contribution < -0.4 is 10.2 Å². The number of pyridine rings is 1. The molecule has 6 heteroatoms. The Morgan fingerprint density at radius 2 is 1.93 bits per heavy atom. The normalized spacial score (nSPS) is 16.4. The Morgan fingerprint density at radius 1 is 1.11 bits per heavy atom. The minimum atomic E-state index is 0.376. The van der Waals surface area contributed by atoms with Crippen molar-refractivity contribution >= 4 is 16.5 Å². The van der Waals surface area contributed by atoms with Crippen molar-refractivity contribution in [2.24, 2.45) is 0 Å². The Labute approximate surface area is 164 Å². The van der Waals surface area contributed by atoms with Crippen LogP contribution in [0.25, 0.3) is 10.6 Å². The minimum absolute atomic E-state index is 0.376. The van der Waals surface area contributed by atoms with Crippen LogP contribution in [0.3, 0.4) is 0 Å². The van der Waals surface area contributed by atoms with Crippen molar-refractivity contribution in [2.75, 3.05) is 18.0 Å². The maximum Gasteiger partial charge on any atom is 0.208 e. The van der Waals surface area contributed by atoms with Crippen molar-refractivity contribution in [2.45, 2.75) is 38.3 Å². The molecule has 1 N–H and O–H groups in total. The molecule has 1 fully saturated rings. The van der Waals surface area contributed by atoms with Crippen LogP contribution >= 0.6 is 11.3 Å². The van der Waals surface area contributed by atoms with Gasteiger partial charge in [-0.25, -0.2) is 0 Å². The number of aromatic nitrogens is 3. The highest BCUT2D eigenvalue weighted by Crippen LogP contribution is 2.30. The van der Waals surface area contributed by atoms with E-state index in [4.69, 9.17) is 0 Å². The Kier molecular flexibility index (Phi) is 5.75. The molecule has 5 nitrogen and oxygen atoms in total. The fourth-order valence-electron chi connectivity index (χ4n) is 3.59. The molecule has 0 radical (unpaired) electrons. The number of benzene rings is 1. The largest absolute Gasteiger partial charge is 0.347 e. The molecule has 3 aromatic rings. The summed E-state index contributed by atoms with van der Waals surface area (Å²) in [6.07, 6.45) is 7.12. The first-order chi connectivity index (χ1) is 13.3. The highest BCUT2D eigenvalue weighted by Gasteiger charge is 2.24. The summed E-state index contributed by atoms with van der Waals surface area (Å²) < 4.78 is 0. The molecule has 0 amide bonds. The van der Waals surface area contributed by atoms with Gasteiger partial charge in [0.2, 0.25) is 5.13 Å². The maximum absolute atomic E-state index is 4.43. The molecule has 1 aliphatic rings. The van der Waals surface area contributed by atoms with Crippen LogP contribution in [0, 0.1) is 0 Å². The van der Waals surface area contributed by atoms with Crippen LogP contribution in [-0.4, -0.2) is 34.3 Å². The number of anilines is 1. The molecule has 4 rings (SSSR count). The first-order valence-electron chi connectivity index (χ1n) is 9.63. The quantitative estimate of drug-likeness (QED) is 0.692. The fourth-order valence-corrected chi connectivity index (χ4v) is 4.50. The third-order valence-electron chi connectivity index (χ3n) is 5.13. The molecule has 27 heavy (non-hydrogen) atoms. The SMILES string of the molecule is CCC(NC1CCN(c2nnc(-c3ccccc3)s2)CC1)c1cccnc1. The lowest BCUT2D eigenvalue weighted by molar-refractivity contribution is 0.363. The first-order valence-corrected chi connectivity index (χ1v) is 10.4. The summed E-state index contributed by atoms with van der Waals surface area (Å²) in [5.41, 5.74) is 2.42. The van der Waals surface area contributed by atoms with Crippen molar-refractivity contribution in [1.29, 1.82) is 0 Å². The van der Waals surface area contributed by atoms with E-state index in [0.717, 1.165) is 48.1 Å². The monoisotopic (exact) mass is 379 g/mol. The summed E-state index contributed by atoms with van der Waals surface area (Å²) in [5, 5.41) is 14.7. The third-order valence-corrected chi connectivity index (χ3v) is 6.17. The van der Waals surface area contributed by atoms with Crippen molar-refractivity contribution in [3.05, 3.63) is 60.4 Å². The van der Waals surface area contributed by atoms with Crippen molar-refractivity contribution in [3.8, 4) is 10.6 Å². The number of rotatable bonds is 6. The topological polar surface area (TPSA) is 53.9 Å². The fraction of sp³-hybridized carbons (Fsp3) is 0.381. The molecule has 2 aromatic heterocycles. The van der Waals surface area contributed by atoms with E-state index >= 15 is 0 Å². The van der Waals surface area contributed by atoms with Crippen molar-refractivity contribution in [3.63, 3.8) is 0 Å². The Bertz CT molecular complexity index is 828. The average Bonchev–Trinajstić information content (AvgIpc) is 3.24. The lowest BCUT2D eigenvalue weighted by Crippen LogP contribution is -2.43. The summed E-state index contributed by atoms with van der Waals surface area (Å²) in [6.45, 7) is 4.27. The Balaban J connectivity index is 1.35. The molecular formula is C21H25N5S. The summed E-state index contributed by atoms with van der Waals surface area (Å²) in [6, 6.07) is 15.4. The molecular weight excluding hydrogens is 354 g/mol. The highest BCUT2D eigenvalue weighted by atomic mass is 32.1. The van der Waals surface area contributed by atoms with E-state index < -0.39 is 0 Å². The second-order valence-corrected chi connectivity index (χ2v) is 7.89. The number of piperidine rings is 1. The van der Waals surface area contributed by atoms with Crippen LogP contribution in [0.2, 0.25) is 0 Å². The molecule has 1 unspecified atom stereocenters. The molecule has 1 saturated heterocycles. The molecule has 0 aliphatic carbocycles. The molecule has 140 valence electrons. The Hall–Kier alpha value is -2.31. The summed E-state index contributed by atoms with van der Waals surface area (Å²) in [7, 11) is 0. The second kappa shape index (κ2) is 8.59. The van der Waals surface area contributed by atoms with Gasteiger partial charge in [-0.3, -0.25) is 4.98 Å². The zero-order chi connectivity index (χ0) is 18.5. The van der Waals surface area contributed by atoms with Gasteiger partial charge in [0.05, 0.1) is 0 Å². The molecule has 1 atom stereocenters. The van der Waals surface area contributed by atoms with Crippen LogP contribution in [0.4, 0.5) is 5.13 Å². The summed E-state index contributed by atoms with van der Waals surface area (Å²) >= 11 is 1.68. The smallest absolute Gasteiger partial charge is 0.208 e. The zero-order valence-electron chi connectivity index (χ0n) is 15.6. The second-order valence-electron chi connectivity index (χ2n) is 6.93. The zero-order valence-corrected chi connectivity index (χ0v) is 16.4. The van der Waals surface area contributed by atoms with Crippen LogP contribution in [-0.2, 0) is 0 Å². The standard InChI is InChI=1S/C21H25N5S/c1-2-19(17-9-6-12-22-15-17)23-18-10-13-26(14-11-18)21-25-24-20(27-21)16-7-4-3-5-8-16/h3-9,12,15,18-19,23H,2,10-11,13-14H2,1H3. The van der Waals surface area contributed by atoms with Crippen LogP contribution in [0.5, 0.6) is 0 Å². The summed E-state index contributed by atoms with van der Waals surface area (Å²) in [5.74, 6) is 0. The molecule has 1 aliphatic heterocycles. The van der Waals surface area contributed by atoms with Gasteiger partial charge in [0, 0.05) is 43.1 Å². The van der Waals surface area contributed by atoms with Gasteiger partial charge in [-0.1, -0.05) is 54.7 Å². The van der Waals surface area contributed by atoms with Gasteiger partial charge < -0.3 is 10.2 Å². The van der Waals surface area contributed by atoms with Gasteiger partial charge in [-0.15, -0.1) is 10.2 Å². The van der Waals surface area contributed by atoms with E-state index in [1.165, 1.54) is 5.56 Å². The Morgan fingerprint density at radius 3 is 2.63 bits per heavy atom. The molecule has 3 heterocycles. The molecule has 1 aromatic carbocycles. The lowest BCUT2D eigenvalue weighted by atomic mass is 10.0. The van der Waals surface area contributed by atoms with E-state index in [0.29, 0.717) is 12.1 Å². The maximum atomic E-state index is 4.43. The van der Waals surface area contributed by atoms with Gasteiger partial charge in [0.1, 0.15) is 5.01 Å². The molecule has 0 bridgehead atoms. The van der Waals surface area contributed by atoms with Gasteiger partial charge in [0.25, 0.3) is 0 Å². The van der Waals surface area contributed by atoms with Crippen LogP contribution in [0.1, 0.15) is 37.8 Å². The van der Waals surface area contributed by atoms with Gasteiger partial charge in [-0.05, 0) is 30.9 Å². The van der Waals surface area contributed by atoms with Crippen molar-refractivity contribution in [1.82, 2.24) is 20.5 Å². The van der Waals surface area contributed by atoms with Gasteiger partial charge >= 0.3 is 0 Å². The molecule has 0 saturated carbocycles.